The van der Waals surface area contributed by atoms with Gasteiger partial charge < -0.3 is 0 Å². The quantitative estimate of drug-likeness (QED) is 0.190. The highest BCUT2D eigenvalue weighted by Gasteiger charge is 2.62. The molecule has 4 heteroatoms. The predicted octanol–water partition coefficient (Wildman–Crippen LogP) is 11.2. The minimum absolute atomic E-state index is 0.0155. The van der Waals surface area contributed by atoms with Gasteiger partial charge in [0.05, 0.1) is 11.0 Å². The Morgan fingerprint density at radius 3 is 1.76 bits per heavy atom. The van der Waals surface area contributed by atoms with Crippen LogP contribution in [0.5, 0.6) is 0 Å². The SMILES string of the molecule is c1ccc(-c2nc(-c3ccccc3)nc(-n3c4c5c(ccc4c4ccc6ccccc6c43)-c3ccccc3C53C4CC5CC(C4)CC3C5)n2)cc1. The van der Waals surface area contributed by atoms with Crippen LogP contribution in [0.25, 0.3) is 72.4 Å². The highest BCUT2D eigenvalue weighted by molar-refractivity contribution is 6.20. The summed E-state index contributed by atoms with van der Waals surface area (Å²) in [6.45, 7) is 0. The van der Waals surface area contributed by atoms with E-state index in [1.807, 2.05) is 12.1 Å². The Balaban J connectivity index is 1.27. The smallest absolute Gasteiger partial charge is 0.238 e. The Bertz CT molecular complexity index is 2620. The summed E-state index contributed by atoms with van der Waals surface area (Å²) < 4.78 is 2.46. The van der Waals surface area contributed by atoms with Crippen molar-refractivity contribution in [2.75, 3.05) is 0 Å². The molecule has 8 aromatic rings. The van der Waals surface area contributed by atoms with Gasteiger partial charge >= 0.3 is 0 Å². The largest absolute Gasteiger partial charge is 0.277 e. The highest BCUT2D eigenvalue weighted by atomic mass is 15.2. The Morgan fingerprint density at radius 1 is 0.471 bits per heavy atom. The number of aromatic nitrogens is 4. The van der Waals surface area contributed by atoms with Crippen LogP contribution in [0.2, 0.25) is 0 Å². The first kappa shape index (κ1) is 28.1. The minimum atomic E-state index is -0.0155. The first-order valence-electron chi connectivity index (χ1n) is 18.7. The van der Waals surface area contributed by atoms with Crippen molar-refractivity contribution in [3.05, 3.63) is 145 Å². The molecule has 1 spiro atoms. The molecule has 51 heavy (non-hydrogen) atoms. The predicted molar refractivity (Wildman–Crippen MR) is 206 cm³/mol. The van der Waals surface area contributed by atoms with Crippen molar-refractivity contribution >= 4 is 32.6 Å². The zero-order chi connectivity index (χ0) is 33.3. The van der Waals surface area contributed by atoms with Gasteiger partial charge in [-0.2, -0.15) is 9.97 Å². The number of nitrogens with zero attached hydrogens (tertiary/aromatic N) is 4. The van der Waals surface area contributed by atoms with E-state index in [0.29, 0.717) is 29.4 Å². The molecule has 4 saturated carbocycles. The van der Waals surface area contributed by atoms with Crippen LogP contribution in [0.3, 0.4) is 0 Å². The fraction of sp³-hybridized carbons (Fsp3) is 0.213. The summed E-state index contributed by atoms with van der Waals surface area (Å²) in [4.78, 5) is 16.0. The van der Waals surface area contributed by atoms with Gasteiger partial charge in [-0.25, -0.2) is 4.98 Å². The van der Waals surface area contributed by atoms with E-state index in [2.05, 4.69) is 126 Å². The second-order valence-corrected chi connectivity index (χ2v) is 15.6. The Labute approximate surface area is 296 Å². The van der Waals surface area contributed by atoms with E-state index >= 15 is 0 Å². The highest BCUT2D eigenvalue weighted by Crippen LogP contribution is 2.70. The second-order valence-electron chi connectivity index (χ2n) is 15.6. The van der Waals surface area contributed by atoms with Gasteiger partial charge in [-0.3, -0.25) is 4.57 Å². The van der Waals surface area contributed by atoms with E-state index in [1.165, 1.54) is 81.4 Å². The number of hydrogen-bond donors (Lipinski definition) is 0. The van der Waals surface area contributed by atoms with Gasteiger partial charge in [-0.05, 0) is 83.4 Å². The van der Waals surface area contributed by atoms with Gasteiger partial charge in [0.25, 0.3) is 0 Å². The third-order valence-corrected chi connectivity index (χ3v) is 13.2. The molecule has 2 aromatic heterocycles. The minimum Gasteiger partial charge on any atom is -0.277 e. The third kappa shape index (κ3) is 3.72. The van der Waals surface area contributed by atoms with Gasteiger partial charge in [-0.15, -0.1) is 0 Å². The molecule has 6 aromatic carbocycles. The van der Waals surface area contributed by atoms with Crippen molar-refractivity contribution in [3.63, 3.8) is 0 Å². The van der Waals surface area contributed by atoms with Crippen molar-refractivity contribution in [1.82, 2.24) is 19.5 Å². The summed E-state index contributed by atoms with van der Waals surface area (Å²) in [7, 11) is 0. The summed E-state index contributed by atoms with van der Waals surface area (Å²) in [5, 5.41) is 4.99. The lowest BCUT2D eigenvalue weighted by Gasteiger charge is -2.61. The molecule has 13 rings (SSSR count). The van der Waals surface area contributed by atoms with Gasteiger partial charge in [0.15, 0.2) is 11.6 Å². The van der Waals surface area contributed by atoms with Crippen LogP contribution in [0.15, 0.2) is 133 Å². The molecule has 5 aliphatic rings. The van der Waals surface area contributed by atoms with Crippen LogP contribution < -0.4 is 0 Å². The van der Waals surface area contributed by atoms with Crippen molar-refractivity contribution in [2.24, 2.45) is 23.7 Å². The standard InChI is InChI=1S/C47H36N4/c1-3-12-31(13-4-1)44-48-45(32-14-5-2-6-15-32)50-46(49-44)51-42-35-16-8-7-11-30(35)19-20-38(42)39-22-21-37-36-17-9-10-18-40(36)47(41(37)43(39)51)33-24-28-23-29(26-33)27-34(47)25-28/h1-22,28-29,33-34H,23-27H2. The summed E-state index contributed by atoms with van der Waals surface area (Å²) in [5.41, 5.74) is 10.3. The average molecular weight is 657 g/mol. The van der Waals surface area contributed by atoms with E-state index in [9.17, 15) is 0 Å². The van der Waals surface area contributed by atoms with Gasteiger partial charge in [0, 0.05) is 32.7 Å². The molecule has 0 radical (unpaired) electrons. The van der Waals surface area contributed by atoms with E-state index in [4.69, 9.17) is 15.0 Å². The first-order valence-corrected chi connectivity index (χ1v) is 18.7. The molecule has 0 aliphatic heterocycles. The van der Waals surface area contributed by atoms with Crippen LogP contribution >= 0.6 is 0 Å². The second kappa shape index (κ2) is 10.2. The molecule has 0 amide bonds. The molecular formula is C47H36N4. The van der Waals surface area contributed by atoms with Crippen molar-refractivity contribution in [3.8, 4) is 39.9 Å². The van der Waals surface area contributed by atoms with Crippen LogP contribution in [-0.2, 0) is 5.41 Å². The van der Waals surface area contributed by atoms with Gasteiger partial charge in [0.1, 0.15) is 0 Å². The van der Waals surface area contributed by atoms with E-state index < -0.39 is 0 Å². The first-order chi connectivity index (χ1) is 25.3. The molecule has 5 aliphatic carbocycles. The van der Waals surface area contributed by atoms with E-state index in [1.54, 1.807) is 5.56 Å². The normalized spacial score (nSPS) is 24.2. The van der Waals surface area contributed by atoms with Crippen LogP contribution in [-0.4, -0.2) is 19.5 Å². The van der Waals surface area contributed by atoms with Crippen molar-refractivity contribution in [1.29, 1.82) is 0 Å². The Morgan fingerprint density at radius 2 is 1.06 bits per heavy atom. The maximum Gasteiger partial charge on any atom is 0.238 e. The lowest BCUT2D eigenvalue weighted by Crippen LogP contribution is -2.55. The third-order valence-electron chi connectivity index (χ3n) is 13.2. The molecule has 4 nitrogen and oxygen atoms in total. The monoisotopic (exact) mass is 656 g/mol. The zero-order valence-electron chi connectivity index (χ0n) is 28.3. The molecule has 0 atom stereocenters. The summed E-state index contributed by atoms with van der Waals surface area (Å²) in [6, 6.07) is 48.5. The van der Waals surface area contributed by atoms with Crippen molar-refractivity contribution < 1.29 is 0 Å². The molecule has 244 valence electrons. The molecule has 0 unspecified atom stereocenters. The fourth-order valence-corrected chi connectivity index (χ4v) is 11.6. The molecule has 4 bridgehead atoms. The average Bonchev–Trinajstić information content (AvgIpc) is 3.68. The molecule has 4 fully saturated rings. The van der Waals surface area contributed by atoms with Crippen LogP contribution in [0.4, 0.5) is 0 Å². The van der Waals surface area contributed by atoms with Crippen LogP contribution in [0, 0.1) is 23.7 Å². The summed E-state index contributed by atoms with van der Waals surface area (Å²) >= 11 is 0. The number of hydrogen-bond acceptors (Lipinski definition) is 3. The Hall–Kier alpha value is -5.61. The maximum atomic E-state index is 5.42. The molecule has 0 N–H and O–H groups in total. The number of benzene rings is 6. The van der Waals surface area contributed by atoms with Crippen LogP contribution in [0.1, 0.15) is 43.2 Å². The van der Waals surface area contributed by atoms with E-state index in [0.717, 1.165) is 23.0 Å². The maximum absolute atomic E-state index is 5.42. The topological polar surface area (TPSA) is 43.6 Å². The van der Waals surface area contributed by atoms with Gasteiger partial charge in [0.2, 0.25) is 5.95 Å². The van der Waals surface area contributed by atoms with Crippen molar-refractivity contribution in [2.45, 2.75) is 37.5 Å². The molecule has 2 heterocycles. The summed E-state index contributed by atoms with van der Waals surface area (Å²) in [6.07, 6.45) is 6.78. The molecular weight excluding hydrogens is 621 g/mol. The lowest BCUT2D eigenvalue weighted by atomic mass is 9.43. The fourth-order valence-electron chi connectivity index (χ4n) is 11.6. The lowest BCUT2D eigenvalue weighted by molar-refractivity contribution is -0.0394. The van der Waals surface area contributed by atoms with E-state index in [-0.39, 0.29) is 5.41 Å². The number of fused-ring (bicyclic) bond motifs is 9. The Kier molecular flexibility index (Phi) is 5.64. The molecule has 0 saturated heterocycles. The number of rotatable bonds is 3. The summed E-state index contributed by atoms with van der Waals surface area (Å²) in [5.74, 6) is 5.08. The zero-order valence-corrected chi connectivity index (χ0v) is 28.3. The van der Waals surface area contributed by atoms with Gasteiger partial charge in [-0.1, -0.05) is 133 Å².